The third kappa shape index (κ3) is 9.11. The summed E-state index contributed by atoms with van der Waals surface area (Å²) in [6.07, 6.45) is 0.586. The van der Waals surface area contributed by atoms with Crippen LogP contribution >= 0.6 is 0 Å². The number of amides is 4. The molecular formula is C41H54F3N5O9S. The fourth-order valence-corrected chi connectivity index (χ4v) is 9.24. The number of nitrogens with zero attached hydrogens (tertiary/aromatic N) is 2. The van der Waals surface area contributed by atoms with Crippen molar-refractivity contribution in [2.24, 2.45) is 17.8 Å². The maximum atomic E-state index is 14.9. The van der Waals surface area contributed by atoms with Crippen molar-refractivity contribution in [2.75, 3.05) is 13.2 Å². The summed E-state index contributed by atoms with van der Waals surface area (Å²) in [7, 11) is -4.08. The topological polar surface area (TPSA) is 182 Å². The van der Waals surface area contributed by atoms with Gasteiger partial charge in [0.1, 0.15) is 29.5 Å². The lowest BCUT2D eigenvalue weighted by Crippen LogP contribution is -2.60. The average Bonchev–Trinajstić information content (AvgIpc) is 4.04. The first-order valence-corrected chi connectivity index (χ1v) is 21.7. The zero-order valence-electron chi connectivity index (χ0n) is 34.2. The van der Waals surface area contributed by atoms with Gasteiger partial charge in [-0.1, -0.05) is 50.6 Å². The summed E-state index contributed by atoms with van der Waals surface area (Å²) in [5, 5.41) is 6.56. The van der Waals surface area contributed by atoms with Gasteiger partial charge in [-0.05, 0) is 84.1 Å². The van der Waals surface area contributed by atoms with Gasteiger partial charge in [0.2, 0.25) is 33.3 Å². The highest BCUT2D eigenvalue weighted by atomic mass is 32.2. The molecule has 1 aromatic heterocycles. The van der Waals surface area contributed by atoms with Gasteiger partial charge in [-0.3, -0.25) is 19.1 Å². The number of hydrogen-bond donors (Lipinski definition) is 3. The van der Waals surface area contributed by atoms with E-state index in [1.807, 2.05) is 32.1 Å². The molecule has 1 saturated heterocycles. The van der Waals surface area contributed by atoms with Crippen LogP contribution in [0.3, 0.4) is 0 Å². The van der Waals surface area contributed by atoms with Gasteiger partial charge in [-0.2, -0.15) is 13.2 Å². The Morgan fingerprint density at radius 2 is 1.78 bits per heavy atom. The first-order chi connectivity index (χ1) is 27.6. The van der Waals surface area contributed by atoms with Crippen LogP contribution in [-0.4, -0.2) is 95.5 Å². The number of nitrogens with one attached hydrogen (secondary N) is 3. The number of allylic oxidation sites excluding steroid dienone is 1. The third-order valence-electron chi connectivity index (χ3n) is 12.2. The van der Waals surface area contributed by atoms with Crippen LogP contribution in [0.1, 0.15) is 92.9 Å². The summed E-state index contributed by atoms with van der Waals surface area (Å²) in [5.74, 6) is -2.87. The number of fused-ring (bicyclic) bond motifs is 3. The van der Waals surface area contributed by atoms with Crippen molar-refractivity contribution in [1.82, 2.24) is 25.2 Å². The van der Waals surface area contributed by atoms with Crippen molar-refractivity contribution < 1.29 is 55.0 Å². The van der Waals surface area contributed by atoms with E-state index in [1.54, 1.807) is 32.1 Å². The van der Waals surface area contributed by atoms with E-state index < -0.39 is 85.9 Å². The van der Waals surface area contributed by atoms with Crippen molar-refractivity contribution >= 4 is 44.6 Å². The second kappa shape index (κ2) is 16.4. The molecule has 59 heavy (non-hydrogen) atoms. The quantitative estimate of drug-likeness (QED) is 0.251. The highest BCUT2D eigenvalue weighted by Crippen LogP contribution is 2.48. The molecule has 3 heterocycles. The molecule has 2 saturated carbocycles. The fraction of sp³-hybridized carbons (Fsp3) is 0.634. The highest BCUT2D eigenvalue weighted by molar-refractivity contribution is 7.91. The predicted octanol–water partition coefficient (Wildman–Crippen LogP) is 5.69. The minimum absolute atomic E-state index is 0.0321. The molecule has 14 nitrogen and oxygen atoms in total. The standard InChI is InChI=1S/C41H54F3N5O9S/c1-7-25-19-24(3)13-9-10-14-26-21-40(26,36(52)48-59(54,55)39(6)17-18-39)47-33(50)30-20-27(57-34-29-16-12-11-15-28(29)31(22-45-34)56-8-2)23-49(30)35(51)32(25)46-37(53)58-38(4,5)41(42,43)44/h10-12,14-16,22,24-27,30,32H,7-9,13,17-21,23H2,1-6H3,(H,46,53)(H,47,50)(H,48,52). The van der Waals surface area contributed by atoms with Crippen molar-refractivity contribution in [3.63, 3.8) is 0 Å². The maximum Gasteiger partial charge on any atom is 0.427 e. The van der Waals surface area contributed by atoms with Gasteiger partial charge in [0.25, 0.3) is 5.91 Å². The van der Waals surface area contributed by atoms with Gasteiger partial charge in [-0.15, -0.1) is 0 Å². The molecule has 2 aliphatic carbocycles. The van der Waals surface area contributed by atoms with E-state index in [2.05, 4.69) is 20.3 Å². The van der Waals surface area contributed by atoms with Gasteiger partial charge < -0.3 is 29.7 Å². The summed E-state index contributed by atoms with van der Waals surface area (Å²) in [4.78, 5) is 62.4. The van der Waals surface area contributed by atoms with Crippen LogP contribution < -0.4 is 24.8 Å². The number of alkyl carbamates (subject to hydrolysis) is 1. The van der Waals surface area contributed by atoms with Crippen LogP contribution in [0, 0.1) is 17.8 Å². The van der Waals surface area contributed by atoms with Crippen LogP contribution in [0.2, 0.25) is 0 Å². The minimum atomic E-state index is -4.91. The first kappa shape index (κ1) is 44.0. The lowest BCUT2D eigenvalue weighted by atomic mass is 9.85. The normalized spacial score (nSPS) is 28.6. The smallest absolute Gasteiger partial charge is 0.427 e. The molecule has 4 amide bonds. The van der Waals surface area contributed by atoms with Crippen LogP contribution in [0.5, 0.6) is 11.6 Å². The molecule has 3 fully saturated rings. The molecule has 0 bridgehead atoms. The minimum Gasteiger partial charge on any atom is -0.492 e. The van der Waals surface area contributed by atoms with Crippen LogP contribution in [0.15, 0.2) is 42.6 Å². The van der Waals surface area contributed by atoms with Crippen LogP contribution in [-0.2, 0) is 29.1 Å². The SMILES string of the molecule is CCOc1cnc(OC2CC3C(=O)NC4(C(=O)NS(=O)(=O)C5(C)CC5)CC4C=CCCC(C)CC(CC)C(NC(=O)OC(C)(C)C(F)(F)F)C(=O)N3C2)c2ccccc12. The van der Waals surface area contributed by atoms with E-state index in [9.17, 15) is 40.8 Å². The number of benzene rings is 1. The number of carbonyl (C=O) groups excluding carboxylic acids is 4. The van der Waals surface area contributed by atoms with Gasteiger partial charge in [0.05, 0.1) is 24.1 Å². The fourth-order valence-electron chi connectivity index (χ4n) is 7.92. The van der Waals surface area contributed by atoms with Crippen LogP contribution in [0.4, 0.5) is 18.0 Å². The lowest BCUT2D eigenvalue weighted by molar-refractivity contribution is -0.244. The number of alkyl halides is 3. The molecule has 0 spiro atoms. The second-order valence-electron chi connectivity index (χ2n) is 17.1. The summed E-state index contributed by atoms with van der Waals surface area (Å²) in [6, 6.07) is 4.49. The number of ether oxygens (including phenoxy) is 3. The molecule has 7 unspecified atom stereocenters. The van der Waals surface area contributed by atoms with E-state index in [4.69, 9.17) is 14.2 Å². The van der Waals surface area contributed by atoms with Crippen LogP contribution in [0.25, 0.3) is 10.8 Å². The summed E-state index contributed by atoms with van der Waals surface area (Å²) >= 11 is 0. The van der Waals surface area contributed by atoms with Gasteiger partial charge >= 0.3 is 12.3 Å². The lowest BCUT2D eigenvalue weighted by Gasteiger charge is -2.35. The van der Waals surface area contributed by atoms with Gasteiger partial charge in [0.15, 0.2) is 0 Å². The largest absolute Gasteiger partial charge is 0.492 e. The van der Waals surface area contributed by atoms with Crippen molar-refractivity contribution in [1.29, 1.82) is 0 Å². The Labute approximate surface area is 342 Å². The average molecular weight is 850 g/mol. The van der Waals surface area contributed by atoms with Crippen molar-refractivity contribution in [2.45, 2.75) is 133 Å². The number of carbonyl (C=O) groups is 4. The molecule has 1 aromatic carbocycles. The number of hydrogen-bond acceptors (Lipinski definition) is 10. The van der Waals surface area contributed by atoms with E-state index in [1.165, 1.54) is 11.1 Å². The number of halogens is 3. The molecule has 3 N–H and O–H groups in total. The Kier molecular flexibility index (Phi) is 12.3. The zero-order valence-corrected chi connectivity index (χ0v) is 35.0. The van der Waals surface area contributed by atoms with Gasteiger partial charge in [0, 0.05) is 23.1 Å². The van der Waals surface area contributed by atoms with Crippen molar-refractivity contribution in [3.8, 4) is 11.6 Å². The summed E-state index contributed by atoms with van der Waals surface area (Å²) in [5.41, 5.74) is -4.53. The first-order valence-electron chi connectivity index (χ1n) is 20.2. The van der Waals surface area contributed by atoms with E-state index in [0.717, 1.165) is 0 Å². The number of aromatic nitrogens is 1. The molecule has 18 heteroatoms. The molecule has 2 aliphatic heterocycles. The predicted molar refractivity (Wildman–Crippen MR) is 211 cm³/mol. The Morgan fingerprint density at radius 3 is 2.42 bits per heavy atom. The molecule has 324 valence electrons. The maximum absolute atomic E-state index is 14.9. The molecule has 7 atom stereocenters. The van der Waals surface area contributed by atoms with E-state index >= 15 is 0 Å². The molecular weight excluding hydrogens is 796 g/mol. The highest BCUT2D eigenvalue weighted by Gasteiger charge is 2.63. The number of rotatable bonds is 10. The monoisotopic (exact) mass is 849 g/mol. The van der Waals surface area contributed by atoms with E-state index in [-0.39, 0.29) is 31.2 Å². The third-order valence-corrected chi connectivity index (χ3v) is 14.4. The Hall–Kier alpha value is -4.61. The van der Waals surface area contributed by atoms with E-state index in [0.29, 0.717) is 75.5 Å². The van der Waals surface area contributed by atoms with Gasteiger partial charge in [-0.25, -0.2) is 18.2 Å². The second-order valence-corrected chi connectivity index (χ2v) is 19.3. The molecule has 0 radical (unpaired) electrons. The molecule has 4 aliphatic rings. The molecule has 2 aromatic rings. The zero-order chi connectivity index (χ0) is 43.1. The Balaban J connectivity index is 1.37. The summed E-state index contributed by atoms with van der Waals surface area (Å²) < 4.78 is 86.0. The summed E-state index contributed by atoms with van der Waals surface area (Å²) in [6.45, 7) is 8.72. The van der Waals surface area contributed by atoms with Crippen molar-refractivity contribution in [3.05, 3.63) is 42.6 Å². The number of sulfonamides is 1. The molecule has 6 rings (SSSR count). The number of pyridine rings is 1. The Bertz CT molecular complexity index is 2090. The Morgan fingerprint density at radius 1 is 1.08 bits per heavy atom.